The summed E-state index contributed by atoms with van der Waals surface area (Å²) < 4.78 is 24.2. The molecule has 0 aliphatic heterocycles. The van der Waals surface area contributed by atoms with Gasteiger partial charge in [-0.05, 0) is 55.4 Å². The Balaban J connectivity index is 2.27. The normalized spacial score (nSPS) is 15.6. The van der Waals surface area contributed by atoms with Crippen LogP contribution in [0.5, 0.6) is 0 Å². The van der Waals surface area contributed by atoms with E-state index in [9.17, 15) is 8.42 Å². The summed E-state index contributed by atoms with van der Waals surface area (Å²) in [5, 5.41) is 0. The van der Waals surface area contributed by atoms with Gasteiger partial charge in [0.2, 0.25) is 0 Å². The molecule has 0 N–H and O–H groups in total. The highest BCUT2D eigenvalue weighted by Crippen LogP contribution is 2.24. The molecule has 0 saturated carbocycles. The molecule has 2 nitrogen and oxygen atoms in total. The molecular formula is C14H20O2S. The Morgan fingerprint density at radius 3 is 2.53 bits per heavy atom. The van der Waals surface area contributed by atoms with Crippen molar-refractivity contribution in [3.8, 4) is 0 Å². The van der Waals surface area contributed by atoms with Gasteiger partial charge in [-0.1, -0.05) is 19.4 Å². The van der Waals surface area contributed by atoms with Crippen LogP contribution in [0.3, 0.4) is 0 Å². The molecule has 3 heteroatoms. The van der Waals surface area contributed by atoms with Crippen LogP contribution in [0, 0.1) is 0 Å². The van der Waals surface area contributed by atoms with Crippen molar-refractivity contribution in [2.45, 2.75) is 50.3 Å². The van der Waals surface area contributed by atoms with E-state index in [1.807, 2.05) is 19.1 Å². The molecule has 0 bridgehead atoms. The summed E-state index contributed by atoms with van der Waals surface area (Å²) in [7, 11) is -3.06. The van der Waals surface area contributed by atoms with Crippen LogP contribution in [0.1, 0.15) is 43.7 Å². The topological polar surface area (TPSA) is 34.1 Å². The van der Waals surface area contributed by atoms with E-state index in [0.29, 0.717) is 4.90 Å². The average molecular weight is 252 g/mol. The van der Waals surface area contributed by atoms with Gasteiger partial charge in [0.05, 0.1) is 10.6 Å². The van der Waals surface area contributed by atoms with E-state index in [1.165, 1.54) is 24.0 Å². The van der Waals surface area contributed by atoms with E-state index in [0.717, 1.165) is 25.7 Å². The van der Waals surface area contributed by atoms with Gasteiger partial charge in [-0.25, -0.2) is 8.42 Å². The van der Waals surface area contributed by atoms with E-state index < -0.39 is 9.84 Å². The third-order valence-corrected chi connectivity index (χ3v) is 5.24. The highest BCUT2D eigenvalue weighted by molar-refractivity contribution is 7.91. The van der Waals surface area contributed by atoms with Crippen LogP contribution in [0.4, 0.5) is 0 Å². The number of hydrogen-bond acceptors (Lipinski definition) is 2. The summed E-state index contributed by atoms with van der Waals surface area (Å²) in [6.45, 7) is 2.02. The summed E-state index contributed by atoms with van der Waals surface area (Å²) in [6, 6.07) is 5.70. The molecule has 0 aromatic heterocycles. The fraction of sp³-hybridized carbons (Fsp3) is 0.571. The van der Waals surface area contributed by atoms with Crippen molar-refractivity contribution in [2.75, 3.05) is 5.75 Å². The third kappa shape index (κ3) is 2.89. The first kappa shape index (κ1) is 12.6. The van der Waals surface area contributed by atoms with Crippen molar-refractivity contribution < 1.29 is 8.42 Å². The minimum Gasteiger partial charge on any atom is -0.224 e. The van der Waals surface area contributed by atoms with E-state index in [1.54, 1.807) is 6.07 Å². The first-order valence-corrected chi connectivity index (χ1v) is 8.13. The summed E-state index contributed by atoms with van der Waals surface area (Å²) in [6.07, 6.45) is 6.22. The predicted octanol–water partition coefficient (Wildman–Crippen LogP) is 3.14. The summed E-state index contributed by atoms with van der Waals surface area (Å²) in [4.78, 5) is 0.520. The molecule has 2 rings (SSSR count). The van der Waals surface area contributed by atoms with Crippen LogP contribution in [-0.4, -0.2) is 14.2 Å². The van der Waals surface area contributed by atoms with Crippen LogP contribution < -0.4 is 0 Å². The Morgan fingerprint density at radius 1 is 1.12 bits per heavy atom. The maximum Gasteiger partial charge on any atom is 0.178 e. The second-order valence-corrected chi connectivity index (χ2v) is 6.92. The summed E-state index contributed by atoms with van der Waals surface area (Å²) in [5.41, 5.74) is 2.58. The summed E-state index contributed by atoms with van der Waals surface area (Å²) in [5.74, 6) is 0.280. The lowest BCUT2D eigenvalue weighted by Crippen LogP contribution is -2.09. The second-order valence-electron chi connectivity index (χ2n) is 4.81. The first-order valence-electron chi connectivity index (χ1n) is 6.48. The molecular weight excluding hydrogens is 232 g/mol. The van der Waals surface area contributed by atoms with E-state index in [4.69, 9.17) is 0 Å². The number of hydrogen-bond donors (Lipinski definition) is 0. The molecule has 0 saturated heterocycles. The standard InChI is InChI=1S/C14H20O2S/c1-2-3-10-17(15,16)14-9-8-12-6-4-5-7-13(12)11-14/h8-9,11H,2-7,10H2,1H3. The molecule has 0 fully saturated rings. The van der Waals surface area contributed by atoms with Crippen LogP contribution >= 0.6 is 0 Å². The number of benzene rings is 1. The Labute approximate surface area is 104 Å². The van der Waals surface area contributed by atoms with Crippen molar-refractivity contribution in [1.82, 2.24) is 0 Å². The van der Waals surface area contributed by atoms with Gasteiger partial charge in [0.15, 0.2) is 9.84 Å². The number of fused-ring (bicyclic) bond motifs is 1. The molecule has 1 aromatic rings. The molecule has 0 atom stereocenters. The van der Waals surface area contributed by atoms with Crippen molar-refractivity contribution in [3.05, 3.63) is 29.3 Å². The lowest BCUT2D eigenvalue weighted by molar-refractivity contribution is 0.592. The molecule has 17 heavy (non-hydrogen) atoms. The van der Waals surface area contributed by atoms with Gasteiger partial charge in [-0.3, -0.25) is 0 Å². The lowest BCUT2D eigenvalue weighted by atomic mass is 9.92. The first-order chi connectivity index (χ1) is 8.13. The average Bonchev–Trinajstić information content (AvgIpc) is 2.36. The third-order valence-electron chi connectivity index (χ3n) is 3.45. The van der Waals surface area contributed by atoms with Gasteiger partial charge in [-0.2, -0.15) is 0 Å². The molecule has 94 valence electrons. The van der Waals surface area contributed by atoms with Crippen LogP contribution in [-0.2, 0) is 22.7 Å². The zero-order valence-corrected chi connectivity index (χ0v) is 11.2. The maximum atomic E-state index is 12.1. The Morgan fingerprint density at radius 2 is 1.82 bits per heavy atom. The molecule has 0 unspecified atom stereocenters. The van der Waals surface area contributed by atoms with E-state index >= 15 is 0 Å². The van der Waals surface area contributed by atoms with E-state index in [2.05, 4.69) is 0 Å². The Kier molecular flexibility index (Phi) is 3.87. The Hall–Kier alpha value is -0.830. The Bertz CT molecular complexity index is 489. The van der Waals surface area contributed by atoms with Gasteiger partial charge >= 0.3 is 0 Å². The van der Waals surface area contributed by atoms with Crippen molar-refractivity contribution >= 4 is 9.84 Å². The predicted molar refractivity (Wildman–Crippen MR) is 70.0 cm³/mol. The highest BCUT2D eigenvalue weighted by atomic mass is 32.2. The number of aryl methyl sites for hydroxylation is 2. The van der Waals surface area contributed by atoms with Gasteiger partial charge in [-0.15, -0.1) is 0 Å². The molecule has 0 radical (unpaired) electrons. The van der Waals surface area contributed by atoms with Crippen LogP contribution in [0.15, 0.2) is 23.1 Å². The molecule has 1 aliphatic carbocycles. The number of unbranched alkanes of at least 4 members (excludes halogenated alkanes) is 1. The molecule has 0 amide bonds. The van der Waals surface area contributed by atoms with Crippen molar-refractivity contribution in [1.29, 1.82) is 0 Å². The minimum absolute atomic E-state index is 0.280. The zero-order chi connectivity index (χ0) is 12.3. The zero-order valence-electron chi connectivity index (χ0n) is 10.4. The monoisotopic (exact) mass is 252 g/mol. The van der Waals surface area contributed by atoms with Crippen LogP contribution in [0.2, 0.25) is 0 Å². The molecule has 1 aromatic carbocycles. The SMILES string of the molecule is CCCCS(=O)(=O)c1ccc2c(c1)CCCC2. The minimum atomic E-state index is -3.06. The van der Waals surface area contributed by atoms with Crippen LogP contribution in [0.25, 0.3) is 0 Å². The van der Waals surface area contributed by atoms with Crippen molar-refractivity contribution in [3.63, 3.8) is 0 Å². The number of rotatable bonds is 4. The van der Waals surface area contributed by atoms with Gasteiger partial charge in [0, 0.05) is 0 Å². The van der Waals surface area contributed by atoms with E-state index in [-0.39, 0.29) is 5.75 Å². The molecule has 1 aliphatic rings. The smallest absolute Gasteiger partial charge is 0.178 e. The lowest BCUT2D eigenvalue weighted by Gasteiger charge is -2.16. The van der Waals surface area contributed by atoms with Gasteiger partial charge in [0.25, 0.3) is 0 Å². The fourth-order valence-electron chi connectivity index (χ4n) is 2.36. The number of sulfone groups is 1. The summed E-state index contributed by atoms with van der Waals surface area (Å²) >= 11 is 0. The van der Waals surface area contributed by atoms with Gasteiger partial charge < -0.3 is 0 Å². The largest absolute Gasteiger partial charge is 0.224 e. The molecule has 0 heterocycles. The highest BCUT2D eigenvalue weighted by Gasteiger charge is 2.17. The quantitative estimate of drug-likeness (QED) is 0.825. The maximum absolute atomic E-state index is 12.1. The van der Waals surface area contributed by atoms with Crippen molar-refractivity contribution in [2.24, 2.45) is 0 Å². The second kappa shape index (κ2) is 5.21. The fourth-order valence-corrected chi connectivity index (χ4v) is 3.86. The van der Waals surface area contributed by atoms with Gasteiger partial charge in [0.1, 0.15) is 0 Å². The molecule has 0 spiro atoms.